The summed E-state index contributed by atoms with van der Waals surface area (Å²) >= 11 is 0. The fourth-order valence-corrected chi connectivity index (χ4v) is 1.95. The first-order chi connectivity index (χ1) is 8.15. The minimum Gasteiger partial charge on any atom is -0.407 e. The van der Waals surface area contributed by atoms with Crippen molar-refractivity contribution in [1.29, 1.82) is 0 Å². The molecule has 0 aliphatic carbocycles. The number of rotatable bonds is 3. The minimum absolute atomic E-state index is 0.168. The summed E-state index contributed by atoms with van der Waals surface area (Å²) in [5, 5.41) is 0. The third-order valence-electron chi connectivity index (χ3n) is 2.85. The first kappa shape index (κ1) is 11.6. The molecule has 1 unspecified atom stereocenters. The molecule has 0 aliphatic rings. The highest BCUT2D eigenvalue weighted by Crippen LogP contribution is 2.15. The van der Waals surface area contributed by atoms with Crippen LogP contribution < -0.4 is 5.76 Å². The molecule has 0 saturated carbocycles. The van der Waals surface area contributed by atoms with Gasteiger partial charge in [0.25, 0.3) is 0 Å². The Balaban J connectivity index is 2.51. The highest BCUT2D eigenvalue weighted by molar-refractivity contribution is 5.90. The van der Waals surface area contributed by atoms with E-state index in [1.807, 2.05) is 13.8 Å². The van der Waals surface area contributed by atoms with Crippen LogP contribution >= 0.6 is 0 Å². The van der Waals surface area contributed by atoms with E-state index in [4.69, 9.17) is 4.42 Å². The Kier molecular flexibility index (Phi) is 3.13. The van der Waals surface area contributed by atoms with E-state index >= 15 is 0 Å². The van der Waals surface area contributed by atoms with Crippen molar-refractivity contribution in [2.75, 3.05) is 0 Å². The summed E-state index contributed by atoms with van der Waals surface area (Å²) in [5.41, 5.74) is 1.00. The van der Waals surface area contributed by atoms with Gasteiger partial charge in [-0.15, -0.1) is 0 Å². The lowest BCUT2D eigenvalue weighted by Crippen LogP contribution is -2.27. The molecule has 4 nitrogen and oxygen atoms in total. The van der Waals surface area contributed by atoms with Crippen molar-refractivity contribution in [1.82, 2.24) is 4.57 Å². The van der Waals surface area contributed by atoms with E-state index in [2.05, 4.69) is 0 Å². The first-order valence-corrected chi connectivity index (χ1v) is 5.80. The van der Waals surface area contributed by atoms with Crippen LogP contribution in [0.4, 0.5) is 0 Å². The van der Waals surface area contributed by atoms with E-state index in [0.29, 0.717) is 11.1 Å². The third kappa shape index (κ3) is 2.02. The number of oxazole rings is 1. The predicted molar refractivity (Wildman–Crippen MR) is 65.2 cm³/mol. The van der Waals surface area contributed by atoms with Gasteiger partial charge in [0, 0.05) is 5.92 Å². The number of para-hydroxylation sites is 2. The normalized spacial score (nSPS) is 12.8. The average molecular weight is 233 g/mol. The van der Waals surface area contributed by atoms with Gasteiger partial charge < -0.3 is 4.42 Å². The number of carbonyl (C=O) groups is 1. The Morgan fingerprint density at radius 2 is 2.12 bits per heavy atom. The minimum atomic E-state index is -0.598. The van der Waals surface area contributed by atoms with Crippen LogP contribution in [0.5, 0.6) is 0 Å². The quantitative estimate of drug-likeness (QED) is 0.818. The molecule has 0 radical (unpaired) electrons. The summed E-state index contributed by atoms with van der Waals surface area (Å²) in [7, 11) is 0. The van der Waals surface area contributed by atoms with Gasteiger partial charge in [-0.2, -0.15) is 0 Å². The molecule has 4 heteroatoms. The van der Waals surface area contributed by atoms with Crippen molar-refractivity contribution >= 4 is 17.0 Å². The number of aromatic nitrogens is 1. The zero-order valence-electron chi connectivity index (χ0n) is 9.97. The van der Waals surface area contributed by atoms with Gasteiger partial charge in [0.05, 0.1) is 5.52 Å². The van der Waals surface area contributed by atoms with Gasteiger partial charge in [-0.25, -0.2) is 9.36 Å². The fourth-order valence-electron chi connectivity index (χ4n) is 1.95. The highest BCUT2D eigenvalue weighted by Gasteiger charge is 2.20. The fraction of sp³-hybridized carbons (Fsp3) is 0.385. The Labute approximate surface area is 98.8 Å². The van der Waals surface area contributed by atoms with Crippen LogP contribution in [0.1, 0.15) is 31.5 Å². The molecule has 1 atom stereocenters. The zero-order chi connectivity index (χ0) is 12.4. The molecule has 17 heavy (non-hydrogen) atoms. The van der Waals surface area contributed by atoms with Crippen LogP contribution in [0.15, 0.2) is 33.5 Å². The SMILES string of the molecule is CCCC(C)C(=O)n1c(=O)oc2ccccc21. The Bertz CT molecular complexity index is 594. The summed E-state index contributed by atoms with van der Waals surface area (Å²) < 4.78 is 6.17. The number of hydrogen-bond acceptors (Lipinski definition) is 3. The average Bonchev–Trinajstić information content (AvgIpc) is 2.64. The standard InChI is InChI=1S/C13H15NO3/c1-3-6-9(2)12(15)14-10-7-4-5-8-11(10)17-13(14)16/h4-5,7-9H,3,6H2,1-2H3. The maximum Gasteiger partial charge on any atom is 0.426 e. The molecule has 0 aliphatic heterocycles. The molecular weight excluding hydrogens is 218 g/mol. The summed E-state index contributed by atoms with van der Waals surface area (Å²) in [6.45, 7) is 3.85. The van der Waals surface area contributed by atoms with Crippen molar-refractivity contribution in [3.8, 4) is 0 Å². The maximum absolute atomic E-state index is 12.1. The molecule has 0 fully saturated rings. The van der Waals surface area contributed by atoms with E-state index in [1.165, 1.54) is 0 Å². The van der Waals surface area contributed by atoms with Crippen molar-refractivity contribution in [3.05, 3.63) is 34.8 Å². The second kappa shape index (κ2) is 4.57. The zero-order valence-corrected chi connectivity index (χ0v) is 9.97. The summed E-state index contributed by atoms with van der Waals surface area (Å²) in [6.07, 6.45) is 1.68. The van der Waals surface area contributed by atoms with E-state index in [9.17, 15) is 9.59 Å². The van der Waals surface area contributed by atoms with Gasteiger partial charge in [0.1, 0.15) is 0 Å². The Hall–Kier alpha value is -1.84. The largest absolute Gasteiger partial charge is 0.426 e. The molecule has 0 bridgehead atoms. The Morgan fingerprint density at radius 3 is 2.82 bits per heavy atom. The van der Waals surface area contributed by atoms with Gasteiger partial charge in [0.2, 0.25) is 5.91 Å². The molecule has 1 heterocycles. The molecule has 1 aromatic heterocycles. The molecule has 2 aromatic rings. The lowest BCUT2D eigenvalue weighted by molar-refractivity contribution is 0.0834. The molecule has 2 rings (SSSR count). The van der Waals surface area contributed by atoms with Gasteiger partial charge in [0.15, 0.2) is 5.58 Å². The number of hydrogen-bond donors (Lipinski definition) is 0. The molecule has 0 N–H and O–H groups in total. The molecule has 0 amide bonds. The molecule has 1 aromatic carbocycles. The smallest absolute Gasteiger partial charge is 0.407 e. The Morgan fingerprint density at radius 1 is 1.41 bits per heavy atom. The summed E-state index contributed by atoms with van der Waals surface area (Å²) in [4.78, 5) is 23.8. The van der Waals surface area contributed by atoms with Crippen LogP contribution in [-0.4, -0.2) is 10.5 Å². The van der Waals surface area contributed by atoms with Crippen molar-refractivity contribution in [2.45, 2.75) is 26.7 Å². The second-order valence-corrected chi connectivity index (χ2v) is 4.20. The lowest BCUT2D eigenvalue weighted by Gasteiger charge is -2.08. The third-order valence-corrected chi connectivity index (χ3v) is 2.85. The second-order valence-electron chi connectivity index (χ2n) is 4.20. The van der Waals surface area contributed by atoms with Crippen LogP contribution in [0.3, 0.4) is 0 Å². The van der Waals surface area contributed by atoms with Gasteiger partial charge in [-0.1, -0.05) is 32.4 Å². The number of benzene rings is 1. The van der Waals surface area contributed by atoms with Crippen LogP contribution in [0.25, 0.3) is 11.1 Å². The molecular formula is C13H15NO3. The summed E-state index contributed by atoms with van der Waals surface area (Å²) in [5.74, 6) is -0.959. The predicted octanol–water partition coefficient (Wildman–Crippen LogP) is 2.67. The van der Waals surface area contributed by atoms with Gasteiger partial charge in [-0.3, -0.25) is 4.79 Å². The van der Waals surface area contributed by atoms with Crippen molar-refractivity contribution in [2.24, 2.45) is 5.92 Å². The van der Waals surface area contributed by atoms with Crippen molar-refractivity contribution in [3.63, 3.8) is 0 Å². The molecule has 0 spiro atoms. The van der Waals surface area contributed by atoms with E-state index in [-0.39, 0.29) is 11.8 Å². The number of carbonyl (C=O) groups excluding carboxylic acids is 1. The van der Waals surface area contributed by atoms with Crippen LogP contribution in [-0.2, 0) is 0 Å². The lowest BCUT2D eigenvalue weighted by atomic mass is 10.1. The first-order valence-electron chi connectivity index (χ1n) is 5.80. The monoisotopic (exact) mass is 233 g/mol. The van der Waals surface area contributed by atoms with Crippen molar-refractivity contribution < 1.29 is 9.21 Å². The van der Waals surface area contributed by atoms with E-state index in [0.717, 1.165) is 17.4 Å². The van der Waals surface area contributed by atoms with Gasteiger partial charge >= 0.3 is 5.76 Å². The summed E-state index contributed by atoms with van der Waals surface area (Å²) in [6, 6.07) is 6.96. The number of fused-ring (bicyclic) bond motifs is 1. The van der Waals surface area contributed by atoms with E-state index in [1.54, 1.807) is 24.3 Å². The van der Waals surface area contributed by atoms with Gasteiger partial charge in [-0.05, 0) is 18.6 Å². The molecule has 90 valence electrons. The number of nitrogens with zero attached hydrogens (tertiary/aromatic N) is 1. The van der Waals surface area contributed by atoms with E-state index < -0.39 is 5.76 Å². The van der Waals surface area contributed by atoms with Crippen LogP contribution in [0.2, 0.25) is 0 Å². The topological polar surface area (TPSA) is 52.2 Å². The van der Waals surface area contributed by atoms with Crippen LogP contribution in [0, 0.1) is 5.92 Å². The molecule has 0 saturated heterocycles. The highest BCUT2D eigenvalue weighted by atomic mass is 16.4. The maximum atomic E-state index is 12.1.